The predicted molar refractivity (Wildman–Crippen MR) is 116 cm³/mol. The summed E-state index contributed by atoms with van der Waals surface area (Å²) < 4.78 is 0.918. The van der Waals surface area contributed by atoms with Crippen molar-refractivity contribution in [1.82, 2.24) is 15.2 Å². The maximum absolute atomic E-state index is 12.1. The lowest BCUT2D eigenvalue weighted by Gasteiger charge is -2.29. The first kappa shape index (κ1) is 21.0. The molecule has 2 amide bonds. The van der Waals surface area contributed by atoms with Crippen LogP contribution < -0.4 is 10.6 Å². The molecule has 28 heavy (non-hydrogen) atoms. The largest absolute Gasteiger partial charge is 0.352 e. The van der Waals surface area contributed by atoms with Crippen LogP contribution in [0.1, 0.15) is 42.2 Å². The van der Waals surface area contributed by atoms with Crippen LogP contribution in [-0.2, 0) is 11.3 Å². The molecule has 2 aromatic rings. The Hall–Kier alpha value is -1.77. The Morgan fingerprint density at radius 2 is 1.96 bits per heavy atom. The number of carbonyl (C=O) groups is 2. The molecule has 0 atom stereocenters. The first-order valence-electron chi connectivity index (χ1n) is 9.50. The van der Waals surface area contributed by atoms with Gasteiger partial charge >= 0.3 is 0 Å². The van der Waals surface area contributed by atoms with E-state index < -0.39 is 0 Å². The maximum atomic E-state index is 12.1. The van der Waals surface area contributed by atoms with Gasteiger partial charge in [0.2, 0.25) is 5.91 Å². The van der Waals surface area contributed by atoms with E-state index in [1.165, 1.54) is 24.2 Å². The molecule has 6 nitrogen and oxygen atoms in total. The lowest BCUT2D eigenvalue weighted by molar-refractivity contribution is -0.116. The molecular formula is C20H25BrN4O2S. The molecule has 150 valence electrons. The van der Waals surface area contributed by atoms with Crippen molar-refractivity contribution in [2.45, 2.75) is 32.7 Å². The quantitative estimate of drug-likeness (QED) is 0.651. The van der Waals surface area contributed by atoms with Gasteiger partial charge in [-0.2, -0.15) is 0 Å². The van der Waals surface area contributed by atoms with E-state index in [4.69, 9.17) is 0 Å². The number of rotatable bonds is 7. The third kappa shape index (κ3) is 6.39. The van der Waals surface area contributed by atoms with Crippen molar-refractivity contribution >= 4 is 44.2 Å². The summed E-state index contributed by atoms with van der Waals surface area (Å²) in [5.74, 6) is 0.474. The summed E-state index contributed by atoms with van der Waals surface area (Å²) in [7, 11) is 0. The molecule has 0 saturated carbocycles. The second-order valence-corrected chi connectivity index (χ2v) is 8.94. The third-order valence-electron chi connectivity index (χ3n) is 4.80. The van der Waals surface area contributed by atoms with Crippen LogP contribution >= 0.6 is 27.3 Å². The highest BCUT2D eigenvalue weighted by Gasteiger charge is 2.17. The van der Waals surface area contributed by atoms with Gasteiger partial charge in [-0.15, -0.1) is 11.3 Å². The van der Waals surface area contributed by atoms with E-state index in [0.717, 1.165) is 35.7 Å². The fourth-order valence-electron chi connectivity index (χ4n) is 3.06. The zero-order valence-electron chi connectivity index (χ0n) is 15.9. The number of thiazole rings is 1. The Bertz CT molecular complexity index is 801. The normalized spacial score (nSPS) is 15.4. The summed E-state index contributed by atoms with van der Waals surface area (Å²) in [6, 6.07) is 7.09. The van der Waals surface area contributed by atoms with Crippen LogP contribution in [0.25, 0.3) is 0 Å². The summed E-state index contributed by atoms with van der Waals surface area (Å²) >= 11 is 4.78. The van der Waals surface area contributed by atoms with E-state index in [0.29, 0.717) is 10.7 Å². The van der Waals surface area contributed by atoms with E-state index >= 15 is 0 Å². The number of benzene rings is 1. The monoisotopic (exact) mass is 464 g/mol. The molecular weight excluding hydrogens is 440 g/mol. The topological polar surface area (TPSA) is 74.3 Å². The second-order valence-electron chi connectivity index (χ2n) is 7.16. The molecule has 1 aromatic heterocycles. The molecule has 1 aliphatic heterocycles. The number of likely N-dealkylation sites (tertiary alicyclic amines) is 1. The smallest absolute Gasteiger partial charge is 0.251 e. The average Bonchev–Trinajstić information content (AvgIpc) is 3.10. The fraction of sp³-hybridized carbons (Fsp3) is 0.450. The van der Waals surface area contributed by atoms with Crippen LogP contribution in [0.2, 0.25) is 0 Å². The summed E-state index contributed by atoms with van der Waals surface area (Å²) in [6.07, 6.45) is 2.68. The van der Waals surface area contributed by atoms with Crippen molar-refractivity contribution in [1.29, 1.82) is 0 Å². The van der Waals surface area contributed by atoms with Gasteiger partial charge in [-0.3, -0.25) is 14.5 Å². The number of hydrogen-bond acceptors (Lipinski definition) is 5. The molecule has 0 spiro atoms. The lowest BCUT2D eigenvalue weighted by atomic mass is 9.99. The summed E-state index contributed by atoms with van der Waals surface area (Å²) in [6.45, 7) is 5.64. The number of halogens is 1. The molecule has 1 fully saturated rings. The number of carbonyl (C=O) groups excluding carboxylic acids is 2. The minimum absolute atomic E-state index is 0.149. The Labute approximate surface area is 177 Å². The number of nitrogens with one attached hydrogen (secondary N) is 2. The molecule has 3 rings (SSSR count). The third-order valence-corrected chi connectivity index (χ3v) is 6.14. The fourth-order valence-corrected chi connectivity index (χ4v) is 4.04. The highest BCUT2D eigenvalue weighted by atomic mass is 79.9. The van der Waals surface area contributed by atoms with E-state index in [-0.39, 0.29) is 24.8 Å². The zero-order valence-corrected chi connectivity index (χ0v) is 18.3. The maximum Gasteiger partial charge on any atom is 0.251 e. The molecule has 0 unspecified atom stereocenters. The Balaban J connectivity index is 1.38. The molecule has 2 heterocycles. The van der Waals surface area contributed by atoms with Gasteiger partial charge in [-0.25, -0.2) is 4.98 Å². The van der Waals surface area contributed by atoms with Gasteiger partial charge in [0.15, 0.2) is 5.13 Å². The van der Waals surface area contributed by atoms with Crippen molar-refractivity contribution in [3.05, 3.63) is 45.4 Å². The van der Waals surface area contributed by atoms with Crippen molar-refractivity contribution in [2.75, 3.05) is 25.0 Å². The van der Waals surface area contributed by atoms with Crippen LogP contribution in [0, 0.1) is 5.92 Å². The summed E-state index contributed by atoms with van der Waals surface area (Å²) in [5, 5.41) is 8.20. The van der Waals surface area contributed by atoms with Crippen LogP contribution in [0.15, 0.2) is 34.1 Å². The molecule has 1 saturated heterocycles. The van der Waals surface area contributed by atoms with Gasteiger partial charge in [0.1, 0.15) is 0 Å². The molecule has 0 bridgehead atoms. The van der Waals surface area contributed by atoms with Crippen molar-refractivity contribution in [2.24, 2.45) is 5.92 Å². The van der Waals surface area contributed by atoms with Crippen molar-refractivity contribution in [3.8, 4) is 0 Å². The predicted octanol–water partition coefficient (Wildman–Crippen LogP) is 3.90. The highest BCUT2D eigenvalue weighted by Crippen LogP contribution is 2.21. The standard InChI is InChI=1S/C20H25BrN4O2S/c1-14-7-10-25(11-8-14)12-17-13-28-20(23-17)24-18(26)6-9-22-19(27)15-2-4-16(21)5-3-15/h2-5,13-14H,6-12H2,1H3,(H,22,27)(H,23,24,26). The van der Waals surface area contributed by atoms with Crippen LogP contribution in [0.5, 0.6) is 0 Å². The van der Waals surface area contributed by atoms with E-state index in [1.807, 2.05) is 17.5 Å². The number of hydrogen-bond donors (Lipinski definition) is 2. The number of anilines is 1. The van der Waals surface area contributed by atoms with Gasteiger partial charge in [-0.05, 0) is 56.1 Å². The van der Waals surface area contributed by atoms with Crippen molar-refractivity contribution in [3.63, 3.8) is 0 Å². The number of aromatic nitrogens is 1. The van der Waals surface area contributed by atoms with Gasteiger partial charge in [0.05, 0.1) is 5.69 Å². The van der Waals surface area contributed by atoms with E-state index in [1.54, 1.807) is 12.1 Å². The summed E-state index contributed by atoms with van der Waals surface area (Å²) in [5.41, 5.74) is 1.57. The minimum Gasteiger partial charge on any atom is -0.352 e. The number of amides is 2. The van der Waals surface area contributed by atoms with Crippen LogP contribution in [-0.4, -0.2) is 41.3 Å². The van der Waals surface area contributed by atoms with Gasteiger partial charge in [0, 0.05) is 34.9 Å². The Kier molecular flexibility index (Phi) is 7.58. The van der Waals surface area contributed by atoms with Crippen LogP contribution in [0.4, 0.5) is 5.13 Å². The molecule has 2 N–H and O–H groups in total. The lowest BCUT2D eigenvalue weighted by Crippen LogP contribution is -2.32. The van der Waals surface area contributed by atoms with Crippen molar-refractivity contribution < 1.29 is 9.59 Å². The Morgan fingerprint density at radius 3 is 2.68 bits per heavy atom. The number of nitrogens with zero attached hydrogens (tertiary/aromatic N) is 2. The number of piperidine rings is 1. The van der Waals surface area contributed by atoms with Crippen LogP contribution in [0.3, 0.4) is 0 Å². The minimum atomic E-state index is -0.187. The second kappa shape index (κ2) is 10.1. The van der Waals surface area contributed by atoms with Gasteiger partial charge < -0.3 is 10.6 Å². The first-order valence-corrected chi connectivity index (χ1v) is 11.2. The Morgan fingerprint density at radius 1 is 1.25 bits per heavy atom. The molecule has 0 aliphatic carbocycles. The average molecular weight is 465 g/mol. The molecule has 1 aliphatic rings. The molecule has 1 aromatic carbocycles. The zero-order chi connectivity index (χ0) is 19.9. The molecule has 8 heteroatoms. The van der Waals surface area contributed by atoms with Gasteiger partial charge in [0.25, 0.3) is 5.91 Å². The SMILES string of the molecule is CC1CCN(Cc2csc(NC(=O)CCNC(=O)c3ccc(Br)cc3)n2)CC1. The first-order chi connectivity index (χ1) is 13.5. The van der Waals surface area contributed by atoms with E-state index in [9.17, 15) is 9.59 Å². The molecule has 0 radical (unpaired) electrons. The van der Waals surface area contributed by atoms with E-state index in [2.05, 4.69) is 43.4 Å². The highest BCUT2D eigenvalue weighted by molar-refractivity contribution is 9.10. The van der Waals surface area contributed by atoms with Gasteiger partial charge in [-0.1, -0.05) is 22.9 Å². The summed E-state index contributed by atoms with van der Waals surface area (Å²) in [4.78, 5) is 31.1.